The van der Waals surface area contributed by atoms with Gasteiger partial charge < -0.3 is 54.2 Å². The highest BCUT2D eigenvalue weighted by Gasteiger charge is 2.31. The lowest BCUT2D eigenvalue weighted by molar-refractivity contribution is -0.147. The Balaban J connectivity index is 5.72. The topological polar surface area (TPSA) is 333 Å². The molecule has 208 valence electrons. The van der Waals surface area contributed by atoms with Gasteiger partial charge in [0.1, 0.15) is 18.1 Å². The predicted molar refractivity (Wildman–Crippen MR) is 124 cm³/mol. The molecule has 0 radical (unpaired) electrons. The van der Waals surface area contributed by atoms with Crippen molar-refractivity contribution in [1.29, 1.82) is 0 Å². The molecule has 0 heterocycles. The zero-order chi connectivity index (χ0) is 28.7. The van der Waals surface area contributed by atoms with Crippen LogP contribution in [0.5, 0.6) is 0 Å². The van der Waals surface area contributed by atoms with Gasteiger partial charge in [-0.2, -0.15) is 0 Å². The number of amides is 4. The number of carbonyl (C=O) groups excluding carboxylic acids is 4. The number of hydrogen-bond acceptors (Lipinski definition) is 9. The van der Waals surface area contributed by atoms with E-state index in [9.17, 15) is 33.6 Å². The number of hydrogen-bond donors (Lipinski definition) is 10. The summed E-state index contributed by atoms with van der Waals surface area (Å²) in [5.41, 5.74) is 21.1. The molecule has 0 aromatic rings. The summed E-state index contributed by atoms with van der Waals surface area (Å²) in [5, 5.41) is 33.3. The predicted octanol–water partition coefficient (Wildman–Crippen LogP) is -4.88. The average Bonchev–Trinajstić information content (AvgIpc) is 2.76. The highest BCUT2D eigenvalue weighted by molar-refractivity contribution is 5.95. The van der Waals surface area contributed by atoms with Crippen LogP contribution in [0.1, 0.15) is 38.5 Å². The molecule has 4 amide bonds. The molecule has 4 unspecified atom stereocenters. The lowest BCUT2D eigenvalue weighted by Gasteiger charge is -2.24. The second kappa shape index (κ2) is 16.2. The molecule has 0 aliphatic heterocycles. The molecule has 0 saturated carbocycles. The minimum Gasteiger partial charge on any atom is -0.481 e. The van der Waals surface area contributed by atoms with E-state index in [1.807, 2.05) is 5.32 Å². The van der Waals surface area contributed by atoms with Crippen molar-refractivity contribution < 1.29 is 48.9 Å². The van der Waals surface area contributed by atoms with Gasteiger partial charge in [-0.05, 0) is 19.3 Å². The number of primary amides is 1. The summed E-state index contributed by atoms with van der Waals surface area (Å²) >= 11 is 0. The van der Waals surface area contributed by atoms with Gasteiger partial charge in [-0.25, -0.2) is 4.79 Å². The number of nitrogens with one attached hydrogen (secondary N) is 3. The Labute approximate surface area is 210 Å². The molecule has 0 aliphatic rings. The summed E-state index contributed by atoms with van der Waals surface area (Å²) in [6.45, 7) is 0.0459. The minimum atomic E-state index is -1.85. The Hall–Kier alpha value is -4.48. The fraction of sp³-hybridized carbons (Fsp3) is 0.579. The zero-order valence-electron chi connectivity index (χ0n) is 19.7. The van der Waals surface area contributed by atoms with Crippen molar-refractivity contribution in [2.24, 2.45) is 27.9 Å². The molecule has 0 aromatic carbocycles. The fourth-order valence-corrected chi connectivity index (χ4v) is 2.81. The van der Waals surface area contributed by atoms with Crippen molar-refractivity contribution in [3.05, 3.63) is 0 Å². The quantitative estimate of drug-likeness (QED) is 0.0450. The third kappa shape index (κ3) is 14.5. The first-order valence-corrected chi connectivity index (χ1v) is 10.8. The Kier molecular flexibility index (Phi) is 14.3. The largest absolute Gasteiger partial charge is 0.481 e. The van der Waals surface area contributed by atoms with Crippen molar-refractivity contribution in [2.75, 3.05) is 6.54 Å². The van der Waals surface area contributed by atoms with Crippen molar-refractivity contribution in [2.45, 2.75) is 62.7 Å². The molecule has 18 heteroatoms. The Morgan fingerprint density at radius 3 is 1.65 bits per heavy atom. The van der Waals surface area contributed by atoms with Gasteiger partial charge in [-0.3, -0.25) is 33.8 Å². The first-order chi connectivity index (χ1) is 17.1. The maximum Gasteiger partial charge on any atom is 0.326 e. The number of rotatable bonds is 18. The van der Waals surface area contributed by atoms with Crippen LogP contribution in [0.3, 0.4) is 0 Å². The fourth-order valence-electron chi connectivity index (χ4n) is 2.81. The Bertz CT molecular complexity index is 905. The van der Waals surface area contributed by atoms with Gasteiger partial charge in [0.2, 0.25) is 23.6 Å². The highest BCUT2D eigenvalue weighted by Crippen LogP contribution is 2.05. The summed E-state index contributed by atoms with van der Waals surface area (Å²) in [4.78, 5) is 85.8. The van der Waals surface area contributed by atoms with Gasteiger partial charge in [-0.15, -0.1) is 0 Å². The van der Waals surface area contributed by atoms with E-state index in [1.165, 1.54) is 0 Å². The molecule has 0 fully saturated rings. The second-order valence-electron chi connectivity index (χ2n) is 7.78. The van der Waals surface area contributed by atoms with E-state index in [4.69, 9.17) is 38.3 Å². The third-order valence-electron chi connectivity index (χ3n) is 4.62. The van der Waals surface area contributed by atoms with E-state index >= 15 is 0 Å². The smallest absolute Gasteiger partial charge is 0.326 e. The van der Waals surface area contributed by atoms with Crippen LogP contribution in [0.15, 0.2) is 4.99 Å². The van der Waals surface area contributed by atoms with Crippen LogP contribution >= 0.6 is 0 Å². The van der Waals surface area contributed by atoms with Crippen LogP contribution in [0, 0.1) is 0 Å². The molecule has 14 N–H and O–H groups in total. The number of guanidine groups is 1. The van der Waals surface area contributed by atoms with Crippen molar-refractivity contribution >= 4 is 47.5 Å². The van der Waals surface area contributed by atoms with Crippen LogP contribution in [0.4, 0.5) is 0 Å². The van der Waals surface area contributed by atoms with Crippen LogP contribution < -0.4 is 38.9 Å². The number of nitrogens with two attached hydrogens (primary N) is 4. The molecule has 37 heavy (non-hydrogen) atoms. The van der Waals surface area contributed by atoms with E-state index in [0.29, 0.717) is 0 Å². The van der Waals surface area contributed by atoms with Gasteiger partial charge in [0.15, 0.2) is 5.96 Å². The van der Waals surface area contributed by atoms with Crippen molar-refractivity contribution in [1.82, 2.24) is 16.0 Å². The normalized spacial score (nSPS) is 13.6. The summed E-state index contributed by atoms with van der Waals surface area (Å²) in [5.74, 6) is -8.73. The summed E-state index contributed by atoms with van der Waals surface area (Å²) in [7, 11) is 0. The number of nitrogens with zero attached hydrogens (tertiary/aromatic N) is 1. The number of carboxylic acids is 3. The van der Waals surface area contributed by atoms with Crippen molar-refractivity contribution in [3.63, 3.8) is 0 Å². The first-order valence-electron chi connectivity index (χ1n) is 10.8. The van der Waals surface area contributed by atoms with Crippen molar-refractivity contribution in [3.8, 4) is 0 Å². The third-order valence-corrected chi connectivity index (χ3v) is 4.62. The molecule has 0 aliphatic carbocycles. The van der Waals surface area contributed by atoms with E-state index in [0.717, 1.165) is 0 Å². The van der Waals surface area contributed by atoms with Gasteiger partial charge >= 0.3 is 17.9 Å². The molecule has 0 rings (SSSR count). The summed E-state index contributed by atoms with van der Waals surface area (Å²) in [6, 6.07) is -6.28. The van der Waals surface area contributed by atoms with Gasteiger partial charge in [0.05, 0.1) is 18.9 Å². The maximum absolute atomic E-state index is 12.9. The number of carboxylic acid groups (broad SMARTS) is 3. The molecule has 0 spiro atoms. The van der Waals surface area contributed by atoms with Crippen LogP contribution in [-0.4, -0.2) is 93.5 Å². The van der Waals surface area contributed by atoms with Crippen LogP contribution in [-0.2, 0) is 33.6 Å². The van der Waals surface area contributed by atoms with Crippen LogP contribution in [0.2, 0.25) is 0 Å². The van der Waals surface area contributed by atoms with Crippen LogP contribution in [0.25, 0.3) is 0 Å². The van der Waals surface area contributed by atoms with E-state index in [-0.39, 0.29) is 31.8 Å². The lowest BCUT2D eigenvalue weighted by atomic mass is 10.1. The number of aliphatic imine (C=N–C) groups is 1. The molecule has 0 aromatic heterocycles. The SMILES string of the molecule is NC(=O)CCC(NC(=O)C(CCCN=C(N)N)NC(=O)C(N)CC(=O)O)C(=O)NC(CC(=O)O)C(=O)O. The number of carbonyl (C=O) groups is 7. The molecular weight excluding hydrogens is 500 g/mol. The highest BCUT2D eigenvalue weighted by atomic mass is 16.4. The lowest BCUT2D eigenvalue weighted by Crippen LogP contribution is -2.57. The van der Waals surface area contributed by atoms with E-state index < -0.39 is 85.0 Å². The monoisotopic (exact) mass is 532 g/mol. The van der Waals surface area contributed by atoms with E-state index in [1.54, 1.807) is 0 Å². The Morgan fingerprint density at radius 1 is 0.703 bits per heavy atom. The zero-order valence-corrected chi connectivity index (χ0v) is 19.7. The second-order valence-corrected chi connectivity index (χ2v) is 7.78. The molecular formula is C19H32N8O10. The van der Waals surface area contributed by atoms with Gasteiger partial charge in [0, 0.05) is 13.0 Å². The van der Waals surface area contributed by atoms with Gasteiger partial charge in [0.25, 0.3) is 0 Å². The Morgan fingerprint density at radius 2 is 1.19 bits per heavy atom. The molecule has 18 nitrogen and oxygen atoms in total. The average molecular weight is 533 g/mol. The molecule has 0 bridgehead atoms. The first kappa shape index (κ1) is 32.5. The standard InChI is InChI=1S/C19H32N8O10/c20-8(6-13(29)30)15(33)25-9(2-1-5-24-19(22)23)16(34)26-10(3-4-12(21)28)17(35)27-11(18(36)37)7-14(31)32/h8-11H,1-7,20H2,(H2,21,28)(H,25,33)(H,26,34)(H,27,35)(H,29,30)(H,31,32)(H,36,37)(H4,22,23,24). The molecule has 4 atom stereocenters. The summed E-state index contributed by atoms with van der Waals surface area (Å²) < 4.78 is 0. The number of aliphatic carboxylic acids is 3. The van der Waals surface area contributed by atoms with E-state index in [2.05, 4.69) is 15.6 Å². The molecule has 0 saturated heterocycles. The van der Waals surface area contributed by atoms with Gasteiger partial charge in [-0.1, -0.05) is 0 Å². The maximum atomic E-state index is 12.9. The summed E-state index contributed by atoms with van der Waals surface area (Å²) in [6.07, 6.45) is -2.47. The minimum absolute atomic E-state index is 0.0459.